The van der Waals surface area contributed by atoms with E-state index in [1.54, 1.807) is 17.7 Å². The summed E-state index contributed by atoms with van der Waals surface area (Å²) in [6, 6.07) is 15.4. The summed E-state index contributed by atoms with van der Waals surface area (Å²) in [6.45, 7) is 0.925. The normalized spacial score (nSPS) is 10.2. The molecule has 4 heteroatoms. The monoisotopic (exact) mass is 268 g/mol. The molecule has 0 fully saturated rings. The summed E-state index contributed by atoms with van der Waals surface area (Å²) in [4.78, 5) is 12.4. The number of aromatic nitrogens is 1. The summed E-state index contributed by atoms with van der Waals surface area (Å²) in [5.41, 5.74) is 2.21. The van der Waals surface area contributed by atoms with E-state index in [9.17, 15) is 4.79 Å². The van der Waals surface area contributed by atoms with Crippen LogP contribution in [0.1, 0.15) is 5.56 Å². The Morgan fingerprint density at radius 2 is 1.95 bits per heavy atom. The van der Waals surface area contributed by atoms with Crippen LogP contribution in [0.4, 0.5) is 0 Å². The number of pyridine rings is 1. The molecule has 0 spiro atoms. The van der Waals surface area contributed by atoms with Gasteiger partial charge in [-0.15, -0.1) is 0 Å². The van der Waals surface area contributed by atoms with Crippen molar-refractivity contribution in [1.29, 1.82) is 5.26 Å². The van der Waals surface area contributed by atoms with E-state index in [2.05, 4.69) is 0 Å². The second-order valence-electron chi connectivity index (χ2n) is 4.39. The van der Waals surface area contributed by atoms with Crippen molar-refractivity contribution < 1.29 is 4.74 Å². The Morgan fingerprint density at radius 1 is 1.20 bits per heavy atom. The molecule has 0 aliphatic rings. The van der Waals surface area contributed by atoms with Gasteiger partial charge in [0, 0.05) is 19.2 Å². The second-order valence-corrected chi connectivity index (χ2v) is 4.39. The van der Waals surface area contributed by atoms with Gasteiger partial charge in [0.1, 0.15) is 0 Å². The molecule has 0 saturated carbocycles. The van der Waals surface area contributed by atoms with Crippen molar-refractivity contribution in [3.05, 3.63) is 58.4 Å². The van der Waals surface area contributed by atoms with Crippen LogP contribution in [0.3, 0.4) is 0 Å². The Kier molecular flexibility index (Phi) is 4.70. The number of hydrogen-bond acceptors (Lipinski definition) is 3. The fourth-order valence-corrected chi connectivity index (χ4v) is 2.11. The Hall–Kier alpha value is -2.38. The van der Waals surface area contributed by atoms with Crippen LogP contribution in [0.5, 0.6) is 0 Å². The molecule has 20 heavy (non-hydrogen) atoms. The molecule has 0 aliphatic carbocycles. The minimum absolute atomic E-state index is 0.120. The summed E-state index contributed by atoms with van der Waals surface area (Å²) in [7, 11) is 1.60. The highest BCUT2D eigenvalue weighted by Gasteiger charge is 2.10. The van der Waals surface area contributed by atoms with Crippen LogP contribution in [-0.4, -0.2) is 18.3 Å². The maximum atomic E-state index is 12.4. The third-order valence-electron chi connectivity index (χ3n) is 3.11. The van der Waals surface area contributed by atoms with Crippen LogP contribution in [0.2, 0.25) is 0 Å². The third kappa shape index (κ3) is 2.95. The molecule has 2 rings (SSSR count). The molecule has 102 valence electrons. The largest absolute Gasteiger partial charge is 0.383 e. The van der Waals surface area contributed by atoms with Gasteiger partial charge in [-0.25, -0.2) is 0 Å². The van der Waals surface area contributed by atoms with Gasteiger partial charge in [-0.1, -0.05) is 36.4 Å². The van der Waals surface area contributed by atoms with Crippen molar-refractivity contribution in [3.8, 4) is 17.3 Å². The van der Waals surface area contributed by atoms with E-state index in [1.165, 1.54) is 0 Å². The topological polar surface area (TPSA) is 55.0 Å². The zero-order valence-corrected chi connectivity index (χ0v) is 11.4. The first-order valence-corrected chi connectivity index (χ1v) is 6.42. The van der Waals surface area contributed by atoms with Crippen LogP contribution in [0.15, 0.2) is 47.3 Å². The molecule has 1 heterocycles. The molecule has 1 aromatic carbocycles. The first-order valence-electron chi connectivity index (χ1n) is 6.42. The molecule has 0 aliphatic heterocycles. The first-order chi connectivity index (χ1) is 9.77. The number of methoxy groups -OCH3 is 1. The highest BCUT2D eigenvalue weighted by atomic mass is 16.5. The predicted molar refractivity (Wildman–Crippen MR) is 77.3 cm³/mol. The van der Waals surface area contributed by atoms with Crippen LogP contribution in [-0.2, 0) is 17.7 Å². The van der Waals surface area contributed by atoms with Crippen molar-refractivity contribution in [2.24, 2.45) is 0 Å². The van der Waals surface area contributed by atoms with Gasteiger partial charge in [0.05, 0.1) is 24.8 Å². The predicted octanol–water partition coefficient (Wildman–Crippen LogP) is 2.23. The Bertz CT molecular complexity index is 669. The van der Waals surface area contributed by atoms with E-state index in [0.29, 0.717) is 18.7 Å². The summed E-state index contributed by atoms with van der Waals surface area (Å²) >= 11 is 0. The van der Waals surface area contributed by atoms with Gasteiger partial charge in [-0.05, 0) is 11.6 Å². The van der Waals surface area contributed by atoms with Gasteiger partial charge in [0.2, 0.25) is 0 Å². The maximum absolute atomic E-state index is 12.4. The molecule has 1 aromatic heterocycles. The zero-order valence-electron chi connectivity index (χ0n) is 11.4. The summed E-state index contributed by atoms with van der Waals surface area (Å²) in [6.07, 6.45) is 0.126. The molecule has 0 N–H and O–H groups in total. The third-order valence-corrected chi connectivity index (χ3v) is 3.11. The molecule has 0 atom stereocenters. The molecule has 0 radical (unpaired) electrons. The Morgan fingerprint density at radius 3 is 2.60 bits per heavy atom. The fraction of sp³-hybridized carbons (Fsp3) is 0.250. The highest BCUT2D eigenvalue weighted by Crippen LogP contribution is 2.18. The number of benzene rings is 1. The molecular formula is C16H16N2O2. The first kappa shape index (κ1) is 14.0. The zero-order chi connectivity index (χ0) is 14.4. The van der Waals surface area contributed by atoms with Crippen molar-refractivity contribution in [2.45, 2.75) is 13.0 Å². The van der Waals surface area contributed by atoms with Crippen LogP contribution >= 0.6 is 0 Å². The van der Waals surface area contributed by atoms with Crippen molar-refractivity contribution in [1.82, 2.24) is 4.57 Å². The van der Waals surface area contributed by atoms with Crippen molar-refractivity contribution in [3.63, 3.8) is 0 Å². The maximum Gasteiger partial charge on any atom is 0.255 e. The highest BCUT2D eigenvalue weighted by molar-refractivity contribution is 5.59. The smallest absolute Gasteiger partial charge is 0.255 e. The second kappa shape index (κ2) is 6.69. The number of nitriles is 1. The summed E-state index contributed by atoms with van der Waals surface area (Å²) in [5.74, 6) is 0. The van der Waals surface area contributed by atoms with Gasteiger partial charge in [-0.3, -0.25) is 4.79 Å². The number of rotatable bonds is 5. The molecule has 0 saturated heterocycles. The minimum atomic E-state index is -0.120. The average Bonchev–Trinajstić information content (AvgIpc) is 2.49. The van der Waals surface area contributed by atoms with E-state index < -0.39 is 0 Å². The molecular weight excluding hydrogens is 252 g/mol. The summed E-state index contributed by atoms with van der Waals surface area (Å²) in [5, 5.41) is 8.77. The quantitative estimate of drug-likeness (QED) is 0.835. The van der Waals surface area contributed by atoms with E-state index in [1.807, 2.05) is 42.5 Å². The van der Waals surface area contributed by atoms with E-state index >= 15 is 0 Å². The molecule has 4 nitrogen and oxygen atoms in total. The average molecular weight is 268 g/mol. The lowest BCUT2D eigenvalue weighted by molar-refractivity contribution is 0.186. The molecule has 0 amide bonds. The SMILES string of the molecule is COCCn1c(-c2ccccc2)ccc(CC#N)c1=O. The fourth-order valence-electron chi connectivity index (χ4n) is 2.11. The van der Waals surface area contributed by atoms with Gasteiger partial charge in [0.15, 0.2) is 0 Å². The number of nitrogens with zero attached hydrogens (tertiary/aromatic N) is 2. The number of ether oxygens (including phenoxy) is 1. The summed E-state index contributed by atoms with van der Waals surface area (Å²) < 4.78 is 6.74. The minimum Gasteiger partial charge on any atom is -0.383 e. The lowest BCUT2D eigenvalue weighted by Gasteiger charge is -2.14. The van der Waals surface area contributed by atoms with Crippen LogP contribution in [0, 0.1) is 11.3 Å². The molecule has 0 bridgehead atoms. The van der Waals surface area contributed by atoms with E-state index in [0.717, 1.165) is 11.3 Å². The molecule has 2 aromatic rings. The molecule has 0 unspecified atom stereocenters. The standard InChI is InChI=1S/C16H16N2O2/c1-20-12-11-18-15(13-5-3-2-4-6-13)8-7-14(9-10-17)16(18)19/h2-8H,9,11-12H2,1H3. The van der Waals surface area contributed by atoms with E-state index in [4.69, 9.17) is 10.00 Å². The van der Waals surface area contributed by atoms with Crippen LogP contribution < -0.4 is 5.56 Å². The van der Waals surface area contributed by atoms with Gasteiger partial charge < -0.3 is 9.30 Å². The Labute approximate surface area is 117 Å². The lowest BCUT2D eigenvalue weighted by Crippen LogP contribution is -2.26. The number of hydrogen-bond donors (Lipinski definition) is 0. The Balaban J connectivity index is 2.54. The lowest BCUT2D eigenvalue weighted by atomic mass is 10.1. The van der Waals surface area contributed by atoms with Gasteiger partial charge in [-0.2, -0.15) is 5.26 Å². The van der Waals surface area contributed by atoms with Gasteiger partial charge >= 0.3 is 0 Å². The van der Waals surface area contributed by atoms with Crippen LogP contribution in [0.25, 0.3) is 11.3 Å². The van der Waals surface area contributed by atoms with Gasteiger partial charge in [0.25, 0.3) is 5.56 Å². The van der Waals surface area contributed by atoms with Crippen molar-refractivity contribution >= 4 is 0 Å². The van der Waals surface area contributed by atoms with Crippen molar-refractivity contribution in [2.75, 3.05) is 13.7 Å². The van der Waals surface area contributed by atoms with E-state index in [-0.39, 0.29) is 12.0 Å².